The monoisotopic (exact) mass is 315 g/mol. The molecule has 7 heteroatoms. The van der Waals surface area contributed by atoms with Gasteiger partial charge in [0, 0.05) is 5.56 Å². The second-order valence-electron chi connectivity index (χ2n) is 4.14. The first kappa shape index (κ1) is 15.2. The smallest absolute Gasteiger partial charge is 0.416 e. The second kappa shape index (κ2) is 5.65. The highest BCUT2D eigenvalue weighted by Gasteiger charge is 2.31. The van der Waals surface area contributed by atoms with Gasteiger partial charge in [-0.1, -0.05) is 17.7 Å². The maximum atomic E-state index is 12.5. The van der Waals surface area contributed by atoms with Crippen molar-refractivity contribution in [3.8, 4) is 11.5 Å². The molecule has 2 aromatic rings. The number of hydrogen-bond acceptors (Lipinski definition) is 2. The predicted octanol–water partition coefficient (Wildman–Crippen LogP) is 4.25. The number of carbonyl (C=O) groups excluding carboxylic acids is 1. The summed E-state index contributed by atoms with van der Waals surface area (Å²) in [7, 11) is 0. The molecule has 0 unspecified atom stereocenters. The summed E-state index contributed by atoms with van der Waals surface area (Å²) in [6.07, 6.45) is -4.48. The summed E-state index contributed by atoms with van der Waals surface area (Å²) in [5, 5.41) is -0.186. The van der Waals surface area contributed by atoms with E-state index in [0.717, 1.165) is 18.2 Å². The van der Waals surface area contributed by atoms with E-state index in [1.807, 2.05) is 0 Å². The zero-order chi connectivity index (χ0) is 15.6. The van der Waals surface area contributed by atoms with Crippen LogP contribution in [-0.2, 0) is 6.18 Å². The van der Waals surface area contributed by atoms with Crippen LogP contribution in [0.1, 0.15) is 15.9 Å². The van der Waals surface area contributed by atoms with Gasteiger partial charge in [-0.15, -0.1) is 0 Å². The third-order valence-electron chi connectivity index (χ3n) is 2.61. The van der Waals surface area contributed by atoms with Gasteiger partial charge >= 0.3 is 6.18 Å². The number of hydrogen-bond donors (Lipinski definition) is 1. The standard InChI is InChI=1S/C14H9ClF3NO2/c15-11-7-9(14(16,17)18)4-5-12(11)21-10-3-1-2-8(6-10)13(19)20/h1-7H,(H2,19,20). The number of primary amides is 1. The molecule has 0 bridgehead atoms. The molecule has 21 heavy (non-hydrogen) atoms. The van der Waals surface area contributed by atoms with Gasteiger partial charge in [-0.05, 0) is 36.4 Å². The van der Waals surface area contributed by atoms with Crippen LogP contribution < -0.4 is 10.5 Å². The average Bonchev–Trinajstić information content (AvgIpc) is 2.40. The van der Waals surface area contributed by atoms with E-state index in [4.69, 9.17) is 22.1 Å². The van der Waals surface area contributed by atoms with Crippen molar-refractivity contribution in [1.82, 2.24) is 0 Å². The van der Waals surface area contributed by atoms with E-state index in [1.54, 1.807) is 0 Å². The van der Waals surface area contributed by atoms with Crippen LogP contribution in [0, 0.1) is 0 Å². The molecule has 0 aromatic heterocycles. The first-order valence-corrected chi connectivity index (χ1v) is 6.09. The van der Waals surface area contributed by atoms with Crippen LogP contribution in [0.3, 0.4) is 0 Å². The highest BCUT2D eigenvalue weighted by molar-refractivity contribution is 6.32. The molecule has 0 saturated carbocycles. The number of alkyl halides is 3. The molecule has 110 valence electrons. The maximum Gasteiger partial charge on any atom is 0.416 e. The minimum atomic E-state index is -4.48. The molecule has 0 saturated heterocycles. The normalized spacial score (nSPS) is 11.2. The Morgan fingerprint density at radius 2 is 1.86 bits per heavy atom. The maximum absolute atomic E-state index is 12.5. The number of ether oxygens (including phenoxy) is 1. The summed E-state index contributed by atoms with van der Waals surface area (Å²) in [6, 6.07) is 8.67. The highest BCUT2D eigenvalue weighted by atomic mass is 35.5. The summed E-state index contributed by atoms with van der Waals surface area (Å²) in [6.45, 7) is 0. The number of nitrogens with two attached hydrogens (primary N) is 1. The lowest BCUT2D eigenvalue weighted by Crippen LogP contribution is -2.10. The van der Waals surface area contributed by atoms with Crippen molar-refractivity contribution in [2.24, 2.45) is 5.73 Å². The lowest BCUT2D eigenvalue weighted by molar-refractivity contribution is -0.137. The fraction of sp³-hybridized carbons (Fsp3) is 0.0714. The topological polar surface area (TPSA) is 52.3 Å². The van der Waals surface area contributed by atoms with Crippen molar-refractivity contribution in [1.29, 1.82) is 0 Å². The molecule has 2 aromatic carbocycles. The zero-order valence-corrected chi connectivity index (χ0v) is 11.2. The van der Waals surface area contributed by atoms with E-state index in [-0.39, 0.29) is 22.1 Å². The lowest BCUT2D eigenvalue weighted by Gasteiger charge is -2.11. The quantitative estimate of drug-likeness (QED) is 0.920. The third-order valence-corrected chi connectivity index (χ3v) is 2.90. The molecule has 0 aliphatic carbocycles. The summed E-state index contributed by atoms with van der Waals surface area (Å²) < 4.78 is 42.9. The Morgan fingerprint density at radius 3 is 2.43 bits per heavy atom. The van der Waals surface area contributed by atoms with Crippen molar-refractivity contribution in [2.75, 3.05) is 0 Å². The van der Waals surface area contributed by atoms with Gasteiger partial charge in [-0.25, -0.2) is 0 Å². The van der Waals surface area contributed by atoms with Gasteiger partial charge in [0.15, 0.2) is 0 Å². The molecule has 2 N–H and O–H groups in total. The van der Waals surface area contributed by atoms with Gasteiger partial charge in [0.05, 0.1) is 10.6 Å². The van der Waals surface area contributed by atoms with Crippen LogP contribution in [0.25, 0.3) is 0 Å². The Morgan fingerprint density at radius 1 is 1.14 bits per heavy atom. The van der Waals surface area contributed by atoms with Crippen LogP contribution in [0.2, 0.25) is 5.02 Å². The number of amides is 1. The third kappa shape index (κ3) is 3.66. The summed E-state index contributed by atoms with van der Waals surface area (Å²) >= 11 is 5.77. The number of rotatable bonds is 3. The molecule has 0 fully saturated rings. The molecule has 2 rings (SSSR count). The molecule has 0 aliphatic rings. The average molecular weight is 316 g/mol. The van der Waals surface area contributed by atoms with Crippen molar-refractivity contribution in [2.45, 2.75) is 6.18 Å². The SMILES string of the molecule is NC(=O)c1cccc(Oc2ccc(C(F)(F)F)cc2Cl)c1. The fourth-order valence-corrected chi connectivity index (χ4v) is 1.82. The Hall–Kier alpha value is -2.21. The zero-order valence-electron chi connectivity index (χ0n) is 10.4. The molecule has 0 radical (unpaired) electrons. The molecular formula is C14H9ClF3NO2. The van der Waals surface area contributed by atoms with Gasteiger partial charge in [-0.2, -0.15) is 13.2 Å². The van der Waals surface area contributed by atoms with Crippen LogP contribution in [0.5, 0.6) is 11.5 Å². The van der Waals surface area contributed by atoms with E-state index in [0.29, 0.717) is 0 Å². The molecule has 0 aliphatic heterocycles. The Labute approximate surface area is 123 Å². The minimum Gasteiger partial charge on any atom is -0.456 e. The van der Waals surface area contributed by atoms with Gasteiger partial charge in [0.2, 0.25) is 5.91 Å². The summed E-state index contributed by atoms with van der Waals surface area (Å²) in [5.41, 5.74) is 4.48. The lowest BCUT2D eigenvalue weighted by atomic mass is 10.2. The Balaban J connectivity index is 2.28. The van der Waals surface area contributed by atoms with E-state index in [1.165, 1.54) is 24.3 Å². The van der Waals surface area contributed by atoms with Crippen LogP contribution in [-0.4, -0.2) is 5.91 Å². The predicted molar refractivity (Wildman–Crippen MR) is 71.5 cm³/mol. The molecule has 0 heterocycles. The van der Waals surface area contributed by atoms with E-state index < -0.39 is 17.6 Å². The second-order valence-corrected chi connectivity index (χ2v) is 4.54. The van der Waals surface area contributed by atoms with Gasteiger partial charge in [0.25, 0.3) is 0 Å². The fourth-order valence-electron chi connectivity index (χ4n) is 1.60. The Kier molecular flexibility index (Phi) is 4.09. The van der Waals surface area contributed by atoms with Crippen molar-refractivity contribution < 1.29 is 22.7 Å². The largest absolute Gasteiger partial charge is 0.456 e. The van der Waals surface area contributed by atoms with Gasteiger partial charge in [-0.3, -0.25) is 4.79 Å². The first-order chi connectivity index (χ1) is 9.77. The highest BCUT2D eigenvalue weighted by Crippen LogP contribution is 2.36. The molecule has 3 nitrogen and oxygen atoms in total. The van der Waals surface area contributed by atoms with Crippen LogP contribution in [0.4, 0.5) is 13.2 Å². The summed E-state index contributed by atoms with van der Waals surface area (Å²) in [4.78, 5) is 11.0. The van der Waals surface area contributed by atoms with Crippen molar-refractivity contribution in [3.05, 3.63) is 58.6 Å². The van der Waals surface area contributed by atoms with Gasteiger partial charge in [0.1, 0.15) is 11.5 Å². The van der Waals surface area contributed by atoms with E-state index in [2.05, 4.69) is 0 Å². The van der Waals surface area contributed by atoms with Crippen molar-refractivity contribution >= 4 is 17.5 Å². The van der Waals surface area contributed by atoms with Crippen LogP contribution >= 0.6 is 11.6 Å². The summed E-state index contributed by atoms with van der Waals surface area (Å²) in [5.74, 6) is -0.349. The molecular weight excluding hydrogens is 307 g/mol. The van der Waals surface area contributed by atoms with Crippen LogP contribution in [0.15, 0.2) is 42.5 Å². The van der Waals surface area contributed by atoms with E-state index >= 15 is 0 Å². The minimum absolute atomic E-state index is 0.0475. The Bertz CT molecular complexity index is 686. The first-order valence-electron chi connectivity index (χ1n) is 5.72. The number of benzene rings is 2. The van der Waals surface area contributed by atoms with E-state index in [9.17, 15) is 18.0 Å². The molecule has 0 atom stereocenters. The number of carbonyl (C=O) groups is 1. The van der Waals surface area contributed by atoms with Crippen molar-refractivity contribution in [3.63, 3.8) is 0 Å². The molecule has 1 amide bonds. The molecule has 0 spiro atoms. The number of halogens is 4. The van der Waals surface area contributed by atoms with Gasteiger partial charge < -0.3 is 10.5 Å².